The van der Waals surface area contributed by atoms with Gasteiger partial charge < -0.3 is 30.7 Å². The summed E-state index contributed by atoms with van der Waals surface area (Å²) in [6, 6.07) is 13.6. The van der Waals surface area contributed by atoms with E-state index in [1.165, 1.54) is 0 Å². The molecule has 2 atom stereocenters. The van der Waals surface area contributed by atoms with Crippen LogP contribution < -0.4 is 21.3 Å². The third-order valence-corrected chi connectivity index (χ3v) is 6.28. The second-order valence-corrected chi connectivity index (χ2v) is 14.2. The van der Waals surface area contributed by atoms with E-state index >= 15 is 0 Å². The summed E-state index contributed by atoms with van der Waals surface area (Å²) in [5.41, 5.74) is 1.99. The van der Waals surface area contributed by atoms with E-state index in [1.54, 1.807) is 41.5 Å². The van der Waals surface area contributed by atoms with Crippen LogP contribution in [0.15, 0.2) is 48.5 Å². The van der Waals surface area contributed by atoms with Crippen LogP contribution in [0, 0.1) is 11.8 Å². The number of carbonyl (C=O) groups is 4. The molecule has 4 amide bonds. The minimum Gasteiger partial charge on any atom is -0.444 e. The van der Waals surface area contributed by atoms with Crippen LogP contribution in [-0.4, -0.2) is 47.3 Å². The zero-order valence-electron chi connectivity index (χ0n) is 28.5. The Labute approximate surface area is 268 Å². The van der Waals surface area contributed by atoms with Crippen molar-refractivity contribution in [1.82, 2.24) is 10.6 Å². The van der Waals surface area contributed by atoms with Crippen molar-refractivity contribution in [2.75, 3.05) is 10.6 Å². The maximum Gasteiger partial charge on any atom is 0.408 e. The first-order chi connectivity index (χ1) is 20.8. The van der Waals surface area contributed by atoms with E-state index in [0.717, 1.165) is 11.1 Å². The fourth-order valence-electron chi connectivity index (χ4n) is 4.41. The molecule has 0 aromatic heterocycles. The Kier molecular flexibility index (Phi) is 13.4. The second-order valence-electron chi connectivity index (χ2n) is 14.2. The molecule has 45 heavy (non-hydrogen) atoms. The molecule has 0 spiro atoms. The number of ether oxygens (including phenoxy) is 2. The molecule has 0 bridgehead atoms. The predicted molar refractivity (Wildman–Crippen MR) is 178 cm³/mol. The van der Waals surface area contributed by atoms with E-state index in [9.17, 15) is 19.2 Å². The number of hydrogen-bond acceptors (Lipinski definition) is 6. The lowest BCUT2D eigenvalue weighted by Gasteiger charge is -2.24. The zero-order valence-corrected chi connectivity index (χ0v) is 28.5. The highest BCUT2D eigenvalue weighted by Crippen LogP contribution is 2.18. The van der Waals surface area contributed by atoms with Crippen molar-refractivity contribution in [1.29, 1.82) is 0 Å². The van der Waals surface area contributed by atoms with Crippen LogP contribution in [0.2, 0.25) is 0 Å². The van der Waals surface area contributed by atoms with Gasteiger partial charge in [-0.1, -0.05) is 52.0 Å². The van der Waals surface area contributed by atoms with Gasteiger partial charge in [0.2, 0.25) is 11.8 Å². The summed E-state index contributed by atoms with van der Waals surface area (Å²) < 4.78 is 10.7. The Bertz CT molecular complexity index is 1180. The van der Waals surface area contributed by atoms with Gasteiger partial charge in [0, 0.05) is 11.4 Å². The summed E-state index contributed by atoms with van der Waals surface area (Å²) in [6.45, 7) is 18.6. The SMILES string of the molecule is CC(C)C[C@@H](NC(=O)OC(C)(C)C)C(=O)Nc1ccc(Cc2ccc(NC(=O)[C@@H](CC(C)C)NC(=O)OC(C)(C)C)cc2)cc1. The van der Waals surface area contributed by atoms with Gasteiger partial charge in [-0.05, 0) is 108 Å². The first kappa shape index (κ1) is 37.1. The third kappa shape index (κ3) is 15.0. The number of alkyl carbamates (subject to hydrolysis) is 2. The molecule has 0 saturated heterocycles. The van der Waals surface area contributed by atoms with Crippen LogP contribution in [0.1, 0.15) is 93.2 Å². The monoisotopic (exact) mass is 624 g/mol. The number of nitrogens with one attached hydrogen (secondary N) is 4. The molecule has 4 N–H and O–H groups in total. The van der Waals surface area contributed by atoms with Gasteiger partial charge in [-0.3, -0.25) is 9.59 Å². The molecule has 0 aliphatic heterocycles. The summed E-state index contributed by atoms with van der Waals surface area (Å²) >= 11 is 0. The lowest BCUT2D eigenvalue weighted by molar-refractivity contribution is -0.119. The van der Waals surface area contributed by atoms with E-state index < -0.39 is 35.5 Å². The van der Waals surface area contributed by atoms with E-state index in [1.807, 2.05) is 76.2 Å². The molecule has 2 aromatic carbocycles. The van der Waals surface area contributed by atoms with Crippen LogP contribution in [0.3, 0.4) is 0 Å². The van der Waals surface area contributed by atoms with Crippen molar-refractivity contribution in [2.45, 2.75) is 112 Å². The van der Waals surface area contributed by atoms with Crippen molar-refractivity contribution in [3.63, 3.8) is 0 Å². The van der Waals surface area contributed by atoms with Gasteiger partial charge in [-0.2, -0.15) is 0 Å². The molecule has 0 saturated carbocycles. The number of carbonyl (C=O) groups excluding carboxylic acids is 4. The van der Waals surface area contributed by atoms with Crippen LogP contribution in [0.5, 0.6) is 0 Å². The maximum atomic E-state index is 13.0. The summed E-state index contributed by atoms with van der Waals surface area (Å²) in [5, 5.41) is 11.2. The highest BCUT2D eigenvalue weighted by Gasteiger charge is 2.26. The topological polar surface area (TPSA) is 135 Å². The van der Waals surface area contributed by atoms with Crippen molar-refractivity contribution >= 4 is 35.4 Å². The Balaban J connectivity index is 1.99. The molecule has 0 heterocycles. The molecule has 0 aliphatic carbocycles. The summed E-state index contributed by atoms with van der Waals surface area (Å²) in [5.74, 6) is -0.241. The van der Waals surface area contributed by atoms with Crippen molar-refractivity contribution in [3.8, 4) is 0 Å². The number of benzene rings is 2. The van der Waals surface area contributed by atoms with Gasteiger partial charge >= 0.3 is 12.2 Å². The van der Waals surface area contributed by atoms with Gasteiger partial charge in [-0.15, -0.1) is 0 Å². The van der Waals surface area contributed by atoms with E-state index in [2.05, 4.69) is 21.3 Å². The number of hydrogen-bond donors (Lipinski definition) is 4. The van der Waals surface area contributed by atoms with Gasteiger partial charge in [0.15, 0.2) is 0 Å². The Morgan fingerprint density at radius 2 is 0.889 bits per heavy atom. The van der Waals surface area contributed by atoms with Crippen LogP contribution in [0.4, 0.5) is 21.0 Å². The molecule has 248 valence electrons. The average molecular weight is 625 g/mol. The number of amides is 4. The van der Waals surface area contributed by atoms with E-state index in [4.69, 9.17) is 9.47 Å². The molecule has 0 aliphatic rings. The third-order valence-electron chi connectivity index (χ3n) is 6.28. The van der Waals surface area contributed by atoms with Crippen molar-refractivity contribution in [2.24, 2.45) is 11.8 Å². The van der Waals surface area contributed by atoms with Crippen molar-refractivity contribution in [3.05, 3.63) is 59.7 Å². The highest BCUT2D eigenvalue weighted by atomic mass is 16.6. The first-order valence-corrected chi connectivity index (χ1v) is 15.6. The van der Waals surface area contributed by atoms with Crippen LogP contribution in [0.25, 0.3) is 0 Å². The summed E-state index contributed by atoms with van der Waals surface area (Å²) in [7, 11) is 0. The summed E-state index contributed by atoms with van der Waals surface area (Å²) in [6.07, 6.45) is 0.333. The van der Waals surface area contributed by atoms with Gasteiger partial charge in [0.05, 0.1) is 0 Å². The number of anilines is 2. The van der Waals surface area contributed by atoms with E-state index in [-0.39, 0.29) is 23.7 Å². The fourth-order valence-corrected chi connectivity index (χ4v) is 4.41. The number of rotatable bonds is 12. The molecule has 2 rings (SSSR count). The smallest absolute Gasteiger partial charge is 0.408 e. The standard InChI is InChI=1S/C35H52N4O6/c1-22(2)19-28(38-32(42)44-34(5,6)7)30(40)36-26-15-11-24(12-16-26)21-25-13-17-27(18-14-25)37-31(41)29(20-23(3)4)39-33(43)45-35(8,9)10/h11-18,22-23,28-29H,19-21H2,1-10H3,(H,36,40)(H,37,41)(H,38,42)(H,39,43)/t28-,29-/m1/s1. The quantitative estimate of drug-likeness (QED) is 0.200. The van der Waals surface area contributed by atoms with Crippen molar-refractivity contribution < 1.29 is 28.7 Å². The Morgan fingerprint density at radius 3 is 1.16 bits per heavy atom. The maximum absolute atomic E-state index is 13.0. The molecule has 0 unspecified atom stereocenters. The van der Waals surface area contributed by atoms with Crippen LogP contribution in [-0.2, 0) is 25.5 Å². The van der Waals surface area contributed by atoms with E-state index in [0.29, 0.717) is 30.6 Å². The highest BCUT2D eigenvalue weighted by molar-refractivity contribution is 5.97. The normalized spacial score (nSPS) is 13.1. The van der Waals surface area contributed by atoms with Crippen LogP contribution >= 0.6 is 0 Å². The van der Waals surface area contributed by atoms with Gasteiger partial charge in [0.1, 0.15) is 23.3 Å². The molecule has 2 aromatic rings. The molecule has 10 heteroatoms. The summed E-state index contributed by atoms with van der Waals surface area (Å²) in [4.78, 5) is 50.6. The van der Waals surface area contributed by atoms with Gasteiger partial charge in [0.25, 0.3) is 0 Å². The average Bonchev–Trinajstić information content (AvgIpc) is 2.87. The molecular weight excluding hydrogens is 572 g/mol. The molecule has 10 nitrogen and oxygen atoms in total. The minimum atomic E-state index is -0.729. The lowest BCUT2D eigenvalue weighted by atomic mass is 10.0. The largest absolute Gasteiger partial charge is 0.444 e. The molecular formula is C35H52N4O6. The Hall–Kier alpha value is -4.08. The zero-order chi connectivity index (χ0) is 33.9. The lowest BCUT2D eigenvalue weighted by Crippen LogP contribution is -2.46. The molecule has 0 radical (unpaired) electrons. The predicted octanol–water partition coefficient (Wildman–Crippen LogP) is 7.03. The van der Waals surface area contributed by atoms with Gasteiger partial charge in [-0.25, -0.2) is 9.59 Å². The minimum absolute atomic E-state index is 0.188. The Morgan fingerprint density at radius 1 is 0.578 bits per heavy atom. The fraction of sp³-hybridized carbons (Fsp3) is 0.543. The molecule has 0 fully saturated rings. The first-order valence-electron chi connectivity index (χ1n) is 15.6. The second kappa shape index (κ2) is 16.3.